The number of carbonyl (C=O) groups is 1. The van der Waals surface area contributed by atoms with E-state index in [1.807, 2.05) is 17.9 Å². The average molecular weight is 340 g/mol. The molecule has 128 valence electrons. The Kier molecular flexibility index (Phi) is 6.54. The zero-order valence-electron chi connectivity index (χ0n) is 14.2. The van der Waals surface area contributed by atoms with E-state index < -0.39 is 0 Å². The molecule has 0 aromatic heterocycles. The standard InChI is InChI=1S/C17H26ClN3O2/c1-4-20-7-9-21(10-8-20)17(22)5-6-19-15-11-13(2)14(18)12-16(15)23-3/h11-12,19H,4-10H2,1-3H3. The van der Waals surface area contributed by atoms with Gasteiger partial charge in [0, 0.05) is 50.2 Å². The lowest BCUT2D eigenvalue weighted by atomic mass is 10.2. The third kappa shape index (κ3) is 4.75. The molecule has 1 aromatic carbocycles. The topological polar surface area (TPSA) is 44.8 Å². The molecule has 0 unspecified atom stereocenters. The summed E-state index contributed by atoms with van der Waals surface area (Å²) in [7, 11) is 1.62. The number of aryl methyl sites for hydroxylation is 1. The SMILES string of the molecule is CCN1CCN(C(=O)CCNc2cc(C)c(Cl)cc2OC)CC1. The van der Waals surface area contributed by atoms with Crippen LogP contribution in [0.2, 0.25) is 5.02 Å². The number of carbonyl (C=O) groups excluding carboxylic acids is 1. The third-order valence-corrected chi connectivity index (χ3v) is 4.71. The summed E-state index contributed by atoms with van der Waals surface area (Å²) in [5.74, 6) is 0.905. The highest BCUT2D eigenvalue weighted by atomic mass is 35.5. The fourth-order valence-electron chi connectivity index (χ4n) is 2.75. The number of methoxy groups -OCH3 is 1. The Morgan fingerprint density at radius 3 is 2.61 bits per heavy atom. The molecule has 0 spiro atoms. The molecule has 1 amide bonds. The van der Waals surface area contributed by atoms with E-state index in [0.717, 1.165) is 44.0 Å². The van der Waals surface area contributed by atoms with Gasteiger partial charge in [0.25, 0.3) is 0 Å². The minimum absolute atomic E-state index is 0.206. The molecule has 0 aliphatic carbocycles. The normalized spacial score (nSPS) is 15.6. The van der Waals surface area contributed by atoms with Crippen LogP contribution < -0.4 is 10.1 Å². The van der Waals surface area contributed by atoms with Gasteiger partial charge in [-0.3, -0.25) is 4.79 Å². The van der Waals surface area contributed by atoms with Crippen molar-refractivity contribution in [2.75, 3.05) is 51.7 Å². The van der Waals surface area contributed by atoms with E-state index in [4.69, 9.17) is 16.3 Å². The predicted octanol–water partition coefficient (Wildman–Crippen LogP) is 2.62. The molecule has 23 heavy (non-hydrogen) atoms. The first kappa shape index (κ1) is 17.9. The molecule has 1 saturated heterocycles. The Balaban J connectivity index is 1.83. The molecular formula is C17H26ClN3O2. The van der Waals surface area contributed by atoms with Crippen molar-refractivity contribution in [3.8, 4) is 5.75 Å². The third-order valence-electron chi connectivity index (χ3n) is 4.31. The molecule has 1 aliphatic heterocycles. The molecule has 0 saturated carbocycles. The molecule has 0 atom stereocenters. The van der Waals surface area contributed by atoms with Gasteiger partial charge in [0.05, 0.1) is 12.8 Å². The lowest BCUT2D eigenvalue weighted by molar-refractivity contribution is -0.132. The molecule has 1 aliphatic rings. The summed E-state index contributed by atoms with van der Waals surface area (Å²) < 4.78 is 5.33. The summed E-state index contributed by atoms with van der Waals surface area (Å²) in [5, 5.41) is 3.96. The lowest BCUT2D eigenvalue weighted by Gasteiger charge is -2.34. The largest absolute Gasteiger partial charge is 0.495 e. The molecule has 1 aromatic rings. The quantitative estimate of drug-likeness (QED) is 0.865. The van der Waals surface area contributed by atoms with Gasteiger partial charge < -0.3 is 19.9 Å². The minimum Gasteiger partial charge on any atom is -0.495 e. The summed E-state index contributed by atoms with van der Waals surface area (Å²) in [5.41, 5.74) is 1.86. The predicted molar refractivity (Wildman–Crippen MR) is 94.5 cm³/mol. The Labute approximate surface area is 143 Å². The van der Waals surface area contributed by atoms with Crippen molar-refractivity contribution >= 4 is 23.2 Å². The molecule has 5 nitrogen and oxygen atoms in total. The Morgan fingerprint density at radius 1 is 1.30 bits per heavy atom. The van der Waals surface area contributed by atoms with Crippen LogP contribution in [0.25, 0.3) is 0 Å². The Morgan fingerprint density at radius 2 is 2.00 bits per heavy atom. The fourth-order valence-corrected chi connectivity index (χ4v) is 2.90. The van der Waals surface area contributed by atoms with E-state index in [2.05, 4.69) is 17.1 Å². The molecule has 1 fully saturated rings. The van der Waals surface area contributed by atoms with Gasteiger partial charge in [-0.15, -0.1) is 0 Å². The molecule has 1 heterocycles. The van der Waals surface area contributed by atoms with Gasteiger partial charge in [0.1, 0.15) is 5.75 Å². The van der Waals surface area contributed by atoms with Crippen molar-refractivity contribution < 1.29 is 9.53 Å². The number of hydrogen-bond donors (Lipinski definition) is 1. The Bertz CT molecular complexity index is 543. The number of amides is 1. The second-order valence-electron chi connectivity index (χ2n) is 5.79. The molecule has 2 rings (SSSR count). The average Bonchev–Trinajstić information content (AvgIpc) is 2.57. The number of piperazine rings is 1. The summed E-state index contributed by atoms with van der Waals surface area (Å²) in [4.78, 5) is 16.6. The second-order valence-corrected chi connectivity index (χ2v) is 6.20. The smallest absolute Gasteiger partial charge is 0.224 e. The number of likely N-dealkylation sites (N-methyl/N-ethyl adjacent to an activating group) is 1. The molecule has 0 bridgehead atoms. The van der Waals surface area contributed by atoms with Crippen LogP contribution in [0.15, 0.2) is 12.1 Å². The summed E-state index contributed by atoms with van der Waals surface area (Å²) in [6.07, 6.45) is 0.483. The van der Waals surface area contributed by atoms with Crippen LogP contribution in [0, 0.1) is 6.92 Å². The number of nitrogens with one attached hydrogen (secondary N) is 1. The number of nitrogens with zero attached hydrogens (tertiary/aromatic N) is 2. The van der Waals surface area contributed by atoms with E-state index in [0.29, 0.717) is 23.7 Å². The highest BCUT2D eigenvalue weighted by Crippen LogP contribution is 2.30. The molecule has 6 heteroatoms. The van der Waals surface area contributed by atoms with Crippen LogP contribution in [0.5, 0.6) is 5.75 Å². The Hall–Kier alpha value is -1.46. The van der Waals surface area contributed by atoms with Crippen molar-refractivity contribution in [3.63, 3.8) is 0 Å². The maximum Gasteiger partial charge on any atom is 0.224 e. The van der Waals surface area contributed by atoms with Crippen LogP contribution in [0.3, 0.4) is 0 Å². The number of halogens is 1. The van der Waals surface area contributed by atoms with Gasteiger partial charge in [-0.05, 0) is 25.1 Å². The summed E-state index contributed by atoms with van der Waals surface area (Å²) in [6, 6.07) is 3.75. The van der Waals surface area contributed by atoms with E-state index in [-0.39, 0.29) is 5.91 Å². The van der Waals surface area contributed by atoms with Crippen LogP contribution in [0.1, 0.15) is 18.9 Å². The maximum absolute atomic E-state index is 12.3. The van der Waals surface area contributed by atoms with Crippen molar-refractivity contribution in [2.24, 2.45) is 0 Å². The number of ether oxygens (including phenoxy) is 1. The van der Waals surface area contributed by atoms with E-state index in [1.165, 1.54) is 0 Å². The van der Waals surface area contributed by atoms with Gasteiger partial charge >= 0.3 is 0 Å². The number of hydrogen-bond acceptors (Lipinski definition) is 4. The monoisotopic (exact) mass is 339 g/mol. The minimum atomic E-state index is 0.206. The number of anilines is 1. The van der Waals surface area contributed by atoms with Gasteiger partial charge in [-0.25, -0.2) is 0 Å². The van der Waals surface area contributed by atoms with E-state index in [9.17, 15) is 4.79 Å². The first-order chi connectivity index (χ1) is 11.0. The molecule has 1 N–H and O–H groups in total. The molecular weight excluding hydrogens is 314 g/mol. The second kappa shape index (κ2) is 8.41. The van der Waals surface area contributed by atoms with Crippen LogP contribution in [-0.4, -0.2) is 62.1 Å². The zero-order chi connectivity index (χ0) is 16.8. The van der Waals surface area contributed by atoms with Crippen molar-refractivity contribution in [2.45, 2.75) is 20.3 Å². The maximum atomic E-state index is 12.3. The van der Waals surface area contributed by atoms with E-state index >= 15 is 0 Å². The summed E-state index contributed by atoms with van der Waals surface area (Å²) >= 11 is 6.10. The number of rotatable bonds is 6. The van der Waals surface area contributed by atoms with Gasteiger partial charge in [0.2, 0.25) is 5.91 Å². The van der Waals surface area contributed by atoms with E-state index in [1.54, 1.807) is 13.2 Å². The summed E-state index contributed by atoms with van der Waals surface area (Å²) in [6.45, 7) is 9.35. The van der Waals surface area contributed by atoms with Gasteiger partial charge in [0.15, 0.2) is 0 Å². The van der Waals surface area contributed by atoms with Crippen LogP contribution in [0.4, 0.5) is 5.69 Å². The first-order valence-electron chi connectivity index (χ1n) is 8.13. The van der Waals surface area contributed by atoms with Crippen molar-refractivity contribution in [1.82, 2.24) is 9.80 Å². The highest BCUT2D eigenvalue weighted by molar-refractivity contribution is 6.31. The van der Waals surface area contributed by atoms with Crippen LogP contribution in [-0.2, 0) is 4.79 Å². The van der Waals surface area contributed by atoms with Gasteiger partial charge in [-0.1, -0.05) is 18.5 Å². The molecule has 0 radical (unpaired) electrons. The zero-order valence-corrected chi connectivity index (χ0v) is 14.9. The first-order valence-corrected chi connectivity index (χ1v) is 8.51. The highest BCUT2D eigenvalue weighted by Gasteiger charge is 2.19. The van der Waals surface area contributed by atoms with Gasteiger partial charge in [-0.2, -0.15) is 0 Å². The van der Waals surface area contributed by atoms with Crippen LogP contribution >= 0.6 is 11.6 Å². The fraction of sp³-hybridized carbons (Fsp3) is 0.588. The van der Waals surface area contributed by atoms with Crippen molar-refractivity contribution in [1.29, 1.82) is 0 Å². The lowest BCUT2D eigenvalue weighted by Crippen LogP contribution is -2.48. The van der Waals surface area contributed by atoms with Crippen molar-refractivity contribution in [3.05, 3.63) is 22.7 Å². The number of benzene rings is 1.